The lowest BCUT2D eigenvalue weighted by atomic mass is 10.1. The Kier molecular flexibility index (Phi) is 6.22. The SMILES string of the molecule is CCOC(=O)c1c(C)oc2ccc(N(C(=O)c3ccncc3)S(=O)(=O)c3ccc4ccccc4c3)cc12. The molecule has 2 heterocycles. The van der Waals surface area contributed by atoms with E-state index >= 15 is 0 Å². The average molecular weight is 515 g/mol. The number of carbonyl (C=O) groups excluding carboxylic acids is 2. The molecular formula is C28H22N2O6S. The van der Waals surface area contributed by atoms with E-state index in [0.29, 0.717) is 22.1 Å². The van der Waals surface area contributed by atoms with Crippen LogP contribution in [0, 0.1) is 6.92 Å². The molecule has 9 heteroatoms. The molecule has 0 fully saturated rings. The molecular weight excluding hydrogens is 492 g/mol. The van der Waals surface area contributed by atoms with Crippen molar-refractivity contribution < 1.29 is 27.2 Å². The van der Waals surface area contributed by atoms with Gasteiger partial charge in [-0.25, -0.2) is 13.2 Å². The van der Waals surface area contributed by atoms with Crippen molar-refractivity contribution in [1.82, 2.24) is 4.98 Å². The summed E-state index contributed by atoms with van der Waals surface area (Å²) in [6.45, 7) is 3.47. The molecule has 0 atom stereocenters. The van der Waals surface area contributed by atoms with Crippen molar-refractivity contribution in [1.29, 1.82) is 0 Å². The van der Waals surface area contributed by atoms with Crippen LogP contribution in [0.4, 0.5) is 5.69 Å². The first-order chi connectivity index (χ1) is 17.8. The summed E-state index contributed by atoms with van der Waals surface area (Å²) in [5, 5.41) is 1.92. The highest BCUT2D eigenvalue weighted by Gasteiger charge is 2.33. The number of hydrogen-bond acceptors (Lipinski definition) is 7. The number of rotatable bonds is 6. The fourth-order valence-corrected chi connectivity index (χ4v) is 5.64. The van der Waals surface area contributed by atoms with E-state index in [2.05, 4.69) is 4.98 Å². The lowest BCUT2D eigenvalue weighted by Gasteiger charge is -2.23. The Morgan fingerprint density at radius 2 is 1.68 bits per heavy atom. The third kappa shape index (κ3) is 4.34. The predicted molar refractivity (Wildman–Crippen MR) is 139 cm³/mol. The van der Waals surface area contributed by atoms with Crippen LogP contribution in [-0.4, -0.2) is 31.9 Å². The molecule has 8 nitrogen and oxygen atoms in total. The normalized spacial score (nSPS) is 11.5. The monoisotopic (exact) mass is 514 g/mol. The van der Waals surface area contributed by atoms with Gasteiger partial charge < -0.3 is 9.15 Å². The molecule has 0 unspecified atom stereocenters. The molecule has 0 aliphatic rings. The second kappa shape index (κ2) is 9.51. The molecule has 5 aromatic rings. The fraction of sp³-hybridized carbons (Fsp3) is 0.107. The van der Waals surface area contributed by atoms with Gasteiger partial charge >= 0.3 is 5.97 Å². The number of esters is 1. The van der Waals surface area contributed by atoms with E-state index in [4.69, 9.17) is 9.15 Å². The smallest absolute Gasteiger partial charge is 0.342 e. The number of amides is 1. The number of aryl methyl sites for hydroxylation is 1. The van der Waals surface area contributed by atoms with Gasteiger partial charge in [-0.05, 0) is 67.1 Å². The number of carbonyl (C=O) groups is 2. The summed E-state index contributed by atoms with van der Waals surface area (Å²) < 4.78 is 39.7. The Labute approximate surface area is 213 Å². The minimum absolute atomic E-state index is 0.0498. The maximum Gasteiger partial charge on any atom is 0.342 e. The summed E-state index contributed by atoms with van der Waals surface area (Å²) in [7, 11) is -4.38. The van der Waals surface area contributed by atoms with E-state index in [9.17, 15) is 18.0 Å². The van der Waals surface area contributed by atoms with E-state index in [1.807, 2.05) is 18.2 Å². The minimum Gasteiger partial charge on any atom is -0.462 e. The molecule has 0 N–H and O–H groups in total. The Hall–Kier alpha value is -4.50. The topological polar surface area (TPSA) is 107 Å². The zero-order chi connectivity index (χ0) is 26.2. The number of aromatic nitrogens is 1. The number of nitrogens with zero attached hydrogens (tertiary/aromatic N) is 2. The summed E-state index contributed by atoms with van der Waals surface area (Å²) in [4.78, 5) is 30.2. The first-order valence-electron chi connectivity index (χ1n) is 11.5. The first-order valence-corrected chi connectivity index (χ1v) is 12.9. The molecule has 37 heavy (non-hydrogen) atoms. The number of furan rings is 1. The highest BCUT2D eigenvalue weighted by molar-refractivity contribution is 7.93. The molecule has 0 bridgehead atoms. The standard InChI is InChI=1S/C28H22N2O6S/c1-3-35-28(32)26-18(2)36-25-11-9-22(17-24(25)26)30(27(31)20-12-14-29-15-13-20)37(33,34)23-10-8-19-6-4-5-7-21(19)16-23/h4-17H,3H2,1-2H3. The number of benzene rings is 3. The van der Waals surface area contributed by atoms with Crippen LogP contribution in [-0.2, 0) is 14.8 Å². The van der Waals surface area contributed by atoms with Crippen LogP contribution in [0.5, 0.6) is 0 Å². The molecule has 0 saturated carbocycles. The Morgan fingerprint density at radius 1 is 0.946 bits per heavy atom. The zero-order valence-electron chi connectivity index (χ0n) is 20.0. The van der Waals surface area contributed by atoms with Gasteiger partial charge in [0.25, 0.3) is 15.9 Å². The van der Waals surface area contributed by atoms with Crippen molar-refractivity contribution >= 4 is 49.3 Å². The third-order valence-electron chi connectivity index (χ3n) is 5.93. The van der Waals surface area contributed by atoms with Crippen LogP contribution in [0.25, 0.3) is 21.7 Å². The van der Waals surface area contributed by atoms with E-state index in [1.54, 1.807) is 26.0 Å². The zero-order valence-corrected chi connectivity index (χ0v) is 20.9. The lowest BCUT2D eigenvalue weighted by molar-refractivity contribution is 0.0526. The van der Waals surface area contributed by atoms with Gasteiger partial charge in [-0.3, -0.25) is 9.78 Å². The van der Waals surface area contributed by atoms with Crippen LogP contribution in [0.3, 0.4) is 0 Å². The summed E-state index contributed by atoms with van der Waals surface area (Å²) in [6.07, 6.45) is 2.82. The molecule has 2 aromatic heterocycles. The Morgan fingerprint density at radius 3 is 2.41 bits per heavy atom. The Bertz CT molecular complexity index is 1760. The molecule has 3 aromatic carbocycles. The van der Waals surface area contributed by atoms with E-state index < -0.39 is 21.9 Å². The molecule has 0 spiro atoms. The van der Waals surface area contributed by atoms with Gasteiger partial charge in [-0.15, -0.1) is 0 Å². The van der Waals surface area contributed by atoms with Crippen molar-refractivity contribution in [3.63, 3.8) is 0 Å². The predicted octanol–water partition coefficient (Wildman–Crippen LogP) is 5.50. The Balaban J connectivity index is 1.72. The van der Waals surface area contributed by atoms with Gasteiger partial charge in [-0.2, -0.15) is 4.31 Å². The van der Waals surface area contributed by atoms with Crippen LogP contribution in [0.15, 0.2) is 94.5 Å². The van der Waals surface area contributed by atoms with E-state index in [-0.39, 0.29) is 28.3 Å². The molecule has 0 aliphatic carbocycles. The number of hydrogen-bond donors (Lipinski definition) is 0. The van der Waals surface area contributed by atoms with Gasteiger partial charge in [0.1, 0.15) is 16.9 Å². The third-order valence-corrected chi connectivity index (χ3v) is 7.64. The van der Waals surface area contributed by atoms with Crippen molar-refractivity contribution in [3.05, 3.63) is 102 Å². The van der Waals surface area contributed by atoms with E-state index in [1.165, 1.54) is 54.9 Å². The largest absolute Gasteiger partial charge is 0.462 e. The van der Waals surface area contributed by atoms with Crippen molar-refractivity contribution in [2.75, 3.05) is 10.9 Å². The maximum absolute atomic E-state index is 14.0. The van der Waals surface area contributed by atoms with Gasteiger partial charge in [0.15, 0.2) is 0 Å². The summed E-state index contributed by atoms with van der Waals surface area (Å²) in [5.74, 6) is -1.04. The number of anilines is 1. The average Bonchev–Trinajstić information content (AvgIpc) is 3.24. The van der Waals surface area contributed by atoms with Gasteiger partial charge in [0, 0.05) is 23.3 Å². The van der Waals surface area contributed by atoms with Crippen molar-refractivity contribution in [3.8, 4) is 0 Å². The van der Waals surface area contributed by atoms with Crippen molar-refractivity contribution in [2.24, 2.45) is 0 Å². The number of ether oxygens (including phenoxy) is 1. The highest BCUT2D eigenvalue weighted by Crippen LogP contribution is 2.34. The molecule has 186 valence electrons. The first kappa shape index (κ1) is 24.2. The number of pyridine rings is 1. The number of sulfonamides is 1. The van der Waals surface area contributed by atoms with Gasteiger partial charge in [0.2, 0.25) is 0 Å². The summed E-state index contributed by atoms with van der Waals surface area (Å²) in [5.41, 5.74) is 0.726. The van der Waals surface area contributed by atoms with Crippen LogP contribution < -0.4 is 4.31 Å². The summed E-state index contributed by atoms with van der Waals surface area (Å²) in [6, 6.07) is 19.4. The fourth-order valence-electron chi connectivity index (χ4n) is 4.20. The van der Waals surface area contributed by atoms with Gasteiger partial charge in [-0.1, -0.05) is 30.3 Å². The lowest BCUT2D eigenvalue weighted by Crippen LogP contribution is -2.37. The summed E-state index contributed by atoms with van der Waals surface area (Å²) >= 11 is 0. The minimum atomic E-state index is -4.38. The van der Waals surface area contributed by atoms with Gasteiger partial charge in [0.05, 0.1) is 17.2 Å². The molecule has 0 radical (unpaired) electrons. The molecule has 0 saturated heterocycles. The molecule has 0 aliphatic heterocycles. The van der Waals surface area contributed by atoms with E-state index in [0.717, 1.165) is 9.69 Å². The maximum atomic E-state index is 14.0. The van der Waals surface area contributed by atoms with Crippen molar-refractivity contribution in [2.45, 2.75) is 18.7 Å². The molecule has 5 rings (SSSR count). The second-order valence-corrected chi connectivity index (χ2v) is 10.0. The van der Waals surface area contributed by atoms with Crippen LogP contribution in [0.2, 0.25) is 0 Å². The van der Waals surface area contributed by atoms with Crippen LogP contribution >= 0.6 is 0 Å². The molecule has 1 amide bonds. The van der Waals surface area contributed by atoms with Crippen LogP contribution in [0.1, 0.15) is 33.4 Å². The number of fused-ring (bicyclic) bond motifs is 2. The highest BCUT2D eigenvalue weighted by atomic mass is 32.2. The second-order valence-electron chi connectivity index (χ2n) is 8.25. The quantitative estimate of drug-likeness (QED) is 0.275.